The number of nitrogens with zero attached hydrogens (tertiary/aromatic N) is 2. The van der Waals surface area contributed by atoms with Gasteiger partial charge in [0.25, 0.3) is 0 Å². The van der Waals surface area contributed by atoms with Crippen LogP contribution in [0.25, 0.3) is 0 Å². The summed E-state index contributed by atoms with van der Waals surface area (Å²) in [7, 11) is 0. The lowest BCUT2D eigenvalue weighted by Crippen LogP contribution is -2.24. The van der Waals surface area contributed by atoms with Crippen LogP contribution < -0.4 is 5.73 Å². The second-order valence-corrected chi connectivity index (χ2v) is 3.76. The van der Waals surface area contributed by atoms with E-state index in [1.165, 1.54) is 12.8 Å². The Balaban J connectivity index is 1.89. The highest BCUT2D eigenvalue weighted by Crippen LogP contribution is 2.14. The molecule has 1 aromatic heterocycles. The molecule has 1 fully saturated rings. The molecule has 0 bridgehead atoms. The minimum atomic E-state index is 0.342. The van der Waals surface area contributed by atoms with E-state index in [2.05, 4.69) is 5.10 Å². The summed E-state index contributed by atoms with van der Waals surface area (Å²) in [6, 6.07) is 0. The topological polar surface area (TPSA) is 53.1 Å². The maximum atomic E-state index is 5.63. The minimum Gasteiger partial charge on any atom is -0.376 e. The van der Waals surface area contributed by atoms with Crippen molar-refractivity contribution in [2.75, 3.05) is 6.61 Å². The smallest absolute Gasteiger partial charge is 0.0770 e. The molecule has 2 rings (SSSR count). The number of aromatic nitrogens is 2. The molecule has 0 aliphatic carbocycles. The van der Waals surface area contributed by atoms with Crippen molar-refractivity contribution in [2.24, 2.45) is 5.73 Å². The molecule has 1 aliphatic rings. The van der Waals surface area contributed by atoms with Gasteiger partial charge in [-0.1, -0.05) is 0 Å². The highest BCUT2D eigenvalue weighted by Gasteiger charge is 2.14. The molecule has 0 saturated carbocycles. The molecular weight excluding hydrogens is 178 g/mol. The molecule has 4 heteroatoms. The average Bonchev–Trinajstić information content (AvgIpc) is 2.67. The van der Waals surface area contributed by atoms with Gasteiger partial charge in [0, 0.05) is 24.9 Å². The van der Waals surface area contributed by atoms with Crippen molar-refractivity contribution in [2.45, 2.75) is 38.5 Å². The van der Waals surface area contributed by atoms with E-state index >= 15 is 0 Å². The first-order valence-corrected chi connectivity index (χ1v) is 5.21. The van der Waals surface area contributed by atoms with Crippen molar-refractivity contribution < 1.29 is 4.74 Å². The number of hydrogen-bond acceptors (Lipinski definition) is 3. The maximum Gasteiger partial charge on any atom is 0.0770 e. The third-order valence-corrected chi connectivity index (χ3v) is 2.59. The second kappa shape index (κ2) is 4.57. The summed E-state index contributed by atoms with van der Waals surface area (Å²) in [4.78, 5) is 0. The van der Waals surface area contributed by atoms with Crippen LogP contribution in [0.3, 0.4) is 0 Å². The summed E-state index contributed by atoms with van der Waals surface area (Å²) in [5.41, 5.74) is 6.60. The van der Waals surface area contributed by atoms with Crippen molar-refractivity contribution >= 4 is 0 Å². The molecule has 78 valence electrons. The summed E-state index contributed by atoms with van der Waals surface area (Å²) in [5.74, 6) is 0. The van der Waals surface area contributed by atoms with E-state index in [1.54, 1.807) is 0 Å². The molecular formula is C10H17N3O. The molecule has 0 amide bonds. The van der Waals surface area contributed by atoms with E-state index in [-0.39, 0.29) is 0 Å². The van der Waals surface area contributed by atoms with Crippen LogP contribution in [0.2, 0.25) is 0 Å². The Hall–Kier alpha value is -0.870. The normalized spacial score (nSPS) is 22.5. The van der Waals surface area contributed by atoms with Crippen molar-refractivity contribution in [3.63, 3.8) is 0 Å². The predicted octanol–water partition coefficient (Wildman–Crippen LogP) is 0.911. The molecule has 4 nitrogen and oxygen atoms in total. The number of ether oxygens (including phenoxy) is 1. The Labute approximate surface area is 84.0 Å². The van der Waals surface area contributed by atoms with Crippen LogP contribution >= 0.6 is 0 Å². The van der Waals surface area contributed by atoms with Crippen LogP contribution in [0.1, 0.15) is 24.8 Å². The summed E-state index contributed by atoms with van der Waals surface area (Å²) in [6.07, 6.45) is 7.78. The van der Waals surface area contributed by atoms with Crippen LogP contribution in [0.15, 0.2) is 12.4 Å². The third-order valence-electron chi connectivity index (χ3n) is 2.59. The van der Waals surface area contributed by atoms with Gasteiger partial charge in [0.1, 0.15) is 0 Å². The Kier molecular flexibility index (Phi) is 3.16. The molecule has 1 unspecified atom stereocenters. The standard InChI is InChI=1S/C10H17N3O/c11-5-9-6-12-13(7-9)8-10-3-1-2-4-14-10/h6-7,10H,1-5,8,11H2. The molecule has 0 spiro atoms. The van der Waals surface area contributed by atoms with Crippen molar-refractivity contribution in [3.8, 4) is 0 Å². The van der Waals surface area contributed by atoms with Crippen molar-refractivity contribution in [3.05, 3.63) is 18.0 Å². The molecule has 1 atom stereocenters. The summed E-state index contributed by atoms with van der Waals surface area (Å²) < 4.78 is 7.56. The Bertz CT molecular complexity index is 279. The van der Waals surface area contributed by atoms with Gasteiger partial charge in [-0.2, -0.15) is 5.10 Å². The molecule has 0 radical (unpaired) electrons. The highest BCUT2D eigenvalue weighted by atomic mass is 16.5. The Morgan fingerprint density at radius 1 is 1.57 bits per heavy atom. The molecule has 2 N–H and O–H groups in total. The fraction of sp³-hybridized carbons (Fsp3) is 0.700. The van der Waals surface area contributed by atoms with Crippen LogP contribution in [-0.4, -0.2) is 22.5 Å². The van der Waals surface area contributed by atoms with Crippen LogP contribution in [0.4, 0.5) is 0 Å². The highest BCUT2D eigenvalue weighted by molar-refractivity contribution is 5.02. The van der Waals surface area contributed by atoms with Crippen LogP contribution in [0.5, 0.6) is 0 Å². The van der Waals surface area contributed by atoms with Gasteiger partial charge in [0.15, 0.2) is 0 Å². The first-order valence-electron chi connectivity index (χ1n) is 5.21. The summed E-state index contributed by atoms with van der Waals surface area (Å²) in [5, 5.41) is 4.24. The first kappa shape index (κ1) is 9.68. The minimum absolute atomic E-state index is 0.342. The molecule has 1 aromatic rings. The van der Waals surface area contributed by atoms with E-state index in [1.807, 2.05) is 17.1 Å². The van der Waals surface area contributed by atoms with Gasteiger partial charge >= 0.3 is 0 Å². The zero-order valence-electron chi connectivity index (χ0n) is 8.35. The molecule has 0 aromatic carbocycles. The summed E-state index contributed by atoms with van der Waals surface area (Å²) in [6.45, 7) is 2.32. The fourth-order valence-corrected chi connectivity index (χ4v) is 1.77. The number of hydrogen-bond donors (Lipinski definition) is 1. The van der Waals surface area contributed by atoms with E-state index in [9.17, 15) is 0 Å². The fourth-order valence-electron chi connectivity index (χ4n) is 1.77. The lowest BCUT2D eigenvalue weighted by atomic mass is 10.1. The molecule has 14 heavy (non-hydrogen) atoms. The predicted molar refractivity (Wildman–Crippen MR) is 53.7 cm³/mol. The third kappa shape index (κ3) is 2.33. The molecule has 1 saturated heterocycles. The van der Waals surface area contributed by atoms with Gasteiger partial charge < -0.3 is 10.5 Å². The Morgan fingerprint density at radius 3 is 3.14 bits per heavy atom. The zero-order chi connectivity index (χ0) is 9.80. The van der Waals surface area contributed by atoms with E-state index in [4.69, 9.17) is 10.5 Å². The van der Waals surface area contributed by atoms with Gasteiger partial charge in [-0.25, -0.2) is 0 Å². The van der Waals surface area contributed by atoms with E-state index in [0.29, 0.717) is 12.6 Å². The molecule has 1 aliphatic heterocycles. The lowest BCUT2D eigenvalue weighted by molar-refractivity contribution is 0.00398. The van der Waals surface area contributed by atoms with Crippen molar-refractivity contribution in [1.29, 1.82) is 0 Å². The SMILES string of the molecule is NCc1cnn(CC2CCCCO2)c1. The van der Waals surface area contributed by atoms with Gasteiger partial charge in [-0.15, -0.1) is 0 Å². The van der Waals surface area contributed by atoms with E-state index < -0.39 is 0 Å². The van der Waals surface area contributed by atoms with Gasteiger partial charge in [-0.3, -0.25) is 4.68 Å². The summed E-state index contributed by atoms with van der Waals surface area (Å²) >= 11 is 0. The van der Waals surface area contributed by atoms with Crippen molar-refractivity contribution in [1.82, 2.24) is 9.78 Å². The average molecular weight is 195 g/mol. The lowest BCUT2D eigenvalue weighted by Gasteiger charge is -2.22. The van der Waals surface area contributed by atoms with Gasteiger partial charge in [-0.05, 0) is 19.3 Å². The Morgan fingerprint density at radius 2 is 2.50 bits per heavy atom. The van der Waals surface area contributed by atoms with Gasteiger partial charge in [0.05, 0.1) is 18.8 Å². The van der Waals surface area contributed by atoms with E-state index in [0.717, 1.165) is 25.1 Å². The monoisotopic (exact) mass is 195 g/mol. The second-order valence-electron chi connectivity index (χ2n) is 3.76. The van der Waals surface area contributed by atoms with Crippen LogP contribution in [-0.2, 0) is 17.8 Å². The quantitative estimate of drug-likeness (QED) is 0.780. The van der Waals surface area contributed by atoms with Crippen LogP contribution in [0, 0.1) is 0 Å². The number of nitrogens with two attached hydrogens (primary N) is 1. The zero-order valence-corrected chi connectivity index (χ0v) is 8.35. The molecule has 2 heterocycles. The first-order chi connectivity index (χ1) is 6.88. The number of rotatable bonds is 3. The van der Waals surface area contributed by atoms with Gasteiger partial charge in [0.2, 0.25) is 0 Å². The maximum absolute atomic E-state index is 5.63. The largest absolute Gasteiger partial charge is 0.376 e.